The zero-order valence-electron chi connectivity index (χ0n) is 18.2. The van der Waals surface area contributed by atoms with Gasteiger partial charge in [-0.3, -0.25) is 9.59 Å². The summed E-state index contributed by atoms with van der Waals surface area (Å²) in [6.07, 6.45) is 10.4. The quantitative estimate of drug-likeness (QED) is 0.501. The van der Waals surface area contributed by atoms with Gasteiger partial charge in [0, 0.05) is 24.7 Å². The zero-order valence-corrected chi connectivity index (χ0v) is 18.2. The van der Waals surface area contributed by atoms with Gasteiger partial charge in [0.25, 0.3) is 0 Å². The van der Waals surface area contributed by atoms with Crippen LogP contribution in [0.2, 0.25) is 0 Å². The van der Waals surface area contributed by atoms with Gasteiger partial charge < -0.3 is 9.47 Å². The monoisotopic (exact) mass is 388 g/mol. The number of allylic oxidation sites excluding steroid dienone is 1. The predicted molar refractivity (Wildman–Crippen MR) is 107 cm³/mol. The molecule has 0 heterocycles. The van der Waals surface area contributed by atoms with Crippen LogP contribution in [0.1, 0.15) is 79.6 Å². The van der Waals surface area contributed by atoms with Crippen molar-refractivity contribution in [3.8, 4) is 0 Å². The Hall–Kier alpha value is -1.32. The second-order valence-corrected chi connectivity index (χ2v) is 10.7. The van der Waals surface area contributed by atoms with Crippen molar-refractivity contribution in [2.24, 2.45) is 34.0 Å². The van der Waals surface area contributed by atoms with Gasteiger partial charge >= 0.3 is 11.9 Å². The third-order valence-electron chi connectivity index (χ3n) is 9.05. The van der Waals surface area contributed by atoms with Crippen molar-refractivity contribution >= 4 is 11.9 Å². The van der Waals surface area contributed by atoms with Crippen molar-refractivity contribution in [2.45, 2.75) is 85.7 Å². The number of fused-ring (bicyclic) bond motifs is 3. The van der Waals surface area contributed by atoms with Crippen LogP contribution in [0.4, 0.5) is 0 Å². The van der Waals surface area contributed by atoms with Crippen molar-refractivity contribution in [3.63, 3.8) is 0 Å². The number of carbonyl (C=O) groups excluding carboxylic acids is 2. The van der Waals surface area contributed by atoms with Crippen molar-refractivity contribution < 1.29 is 19.1 Å². The first-order valence-corrected chi connectivity index (χ1v) is 11.1. The Morgan fingerprint density at radius 1 is 1.11 bits per heavy atom. The van der Waals surface area contributed by atoms with E-state index in [1.165, 1.54) is 38.2 Å². The molecule has 2 bridgehead atoms. The minimum absolute atomic E-state index is 0.00357. The lowest BCUT2D eigenvalue weighted by Gasteiger charge is -2.65. The fraction of sp³-hybridized carbons (Fsp3) is 0.833. The van der Waals surface area contributed by atoms with Crippen LogP contribution in [0.3, 0.4) is 0 Å². The Kier molecular flexibility index (Phi) is 4.71. The summed E-state index contributed by atoms with van der Waals surface area (Å²) in [5, 5.41) is 0. The van der Waals surface area contributed by atoms with Gasteiger partial charge in [0.15, 0.2) is 0 Å². The maximum Gasteiger partial charge on any atom is 0.302 e. The highest BCUT2D eigenvalue weighted by Gasteiger charge is 2.66. The molecule has 1 unspecified atom stereocenters. The summed E-state index contributed by atoms with van der Waals surface area (Å²) < 4.78 is 11.6. The summed E-state index contributed by atoms with van der Waals surface area (Å²) in [7, 11) is 0. The molecule has 0 saturated heterocycles. The number of ether oxygens (including phenoxy) is 2. The second-order valence-electron chi connectivity index (χ2n) is 10.7. The van der Waals surface area contributed by atoms with Gasteiger partial charge in [-0.15, -0.1) is 0 Å². The average molecular weight is 389 g/mol. The summed E-state index contributed by atoms with van der Waals surface area (Å²) in [5.41, 5.74) is 1.66. The van der Waals surface area contributed by atoms with Crippen LogP contribution in [-0.2, 0) is 19.1 Å². The Morgan fingerprint density at radius 3 is 2.54 bits per heavy atom. The van der Waals surface area contributed by atoms with Crippen molar-refractivity contribution in [1.29, 1.82) is 0 Å². The van der Waals surface area contributed by atoms with Gasteiger partial charge in [0.05, 0.1) is 6.61 Å². The maximum absolute atomic E-state index is 12.0. The van der Waals surface area contributed by atoms with Gasteiger partial charge in [0.2, 0.25) is 0 Å². The predicted octanol–water partition coefficient (Wildman–Crippen LogP) is 5.06. The number of rotatable bonds is 3. The van der Waals surface area contributed by atoms with Crippen LogP contribution < -0.4 is 0 Å². The van der Waals surface area contributed by atoms with E-state index in [1.54, 1.807) is 6.92 Å². The molecule has 0 aliphatic heterocycles. The van der Waals surface area contributed by atoms with E-state index in [9.17, 15) is 9.59 Å². The average Bonchev–Trinajstić information content (AvgIpc) is 2.85. The van der Waals surface area contributed by atoms with Gasteiger partial charge in [-0.25, -0.2) is 0 Å². The third-order valence-corrected chi connectivity index (χ3v) is 9.05. The van der Waals surface area contributed by atoms with E-state index in [2.05, 4.69) is 26.8 Å². The molecule has 156 valence electrons. The minimum Gasteiger partial charge on any atom is -0.465 e. The molecule has 4 nitrogen and oxygen atoms in total. The smallest absolute Gasteiger partial charge is 0.302 e. The number of esters is 2. The highest BCUT2D eigenvalue weighted by molar-refractivity contribution is 5.66. The Bertz CT molecular complexity index is 711. The van der Waals surface area contributed by atoms with Crippen LogP contribution in [0.15, 0.2) is 11.6 Å². The molecule has 3 fully saturated rings. The second kappa shape index (κ2) is 6.60. The Labute approximate surface area is 169 Å². The van der Waals surface area contributed by atoms with Crippen LogP contribution >= 0.6 is 0 Å². The molecular formula is C24H36O4. The molecule has 28 heavy (non-hydrogen) atoms. The molecule has 1 spiro atoms. The highest BCUT2D eigenvalue weighted by Crippen LogP contribution is 2.71. The lowest BCUT2D eigenvalue weighted by molar-refractivity contribution is -0.211. The molecule has 0 aromatic heterocycles. The first-order chi connectivity index (χ1) is 13.1. The van der Waals surface area contributed by atoms with Gasteiger partial charge in [-0.1, -0.05) is 31.9 Å². The summed E-state index contributed by atoms with van der Waals surface area (Å²) in [4.78, 5) is 23.6. The highest BCUT2D eigenvalue weighted by atomic mass is 16.5. The van der Waals surface area contributed by atoms with Crippen molar-refractivity contribution in [2.75, 3.05) is 6.61 Å². The lowest BCUT2D eigenvalue weighted by atomic mass is 9.40. The minimum atomic E-state index is -0.202. The zero-order chi connectivity index (χ0) is 20.3. The molecule has 0 aromatic rings. The van der Waals surface area contributed by atoms with E-state index in [-0.39, 0.29) is 34.3 Å². The van der Waals surface area contributed by atoms with E-state index in [4.69, 9.17) is 9.47 Å². The van der Waals surface area contributed by atoms with Crippen LogP contribution in [0.25, 0.3) is 0 Å². The van der Waals surface area contributed by atoms with Crippen molar-refractivity contribution in [1.82, 2.24) is 0 Å². The Balaban J connectivity index is 1.75. The molecule has 4 aliphatic rings. The molecule has 3 saturated carbocycles. The molecule has 0 radical (unpaired) electrons. The van der Waals surface area contributed by atoms with E-state index >= 15 is 0 Å². The SMILES string of the molecule is CC(=O)OC[C@@]1(C)CCC[C@]2(C)[C@@H]1C[C@H](OC(C)=O)[C@]13C=C(C)C(CC[C@@H]21)C3. The van der Waals surface area contributed by atoms with Gasteiger partial charge in [-0.05, 0) is 68.6 Å². The van der Waals surface area contributed by atoms with Crippen LogP contribution in [0.5, 0.6) is 0 Å². The molecular weight excluding hydrogens is 352 g/mol. The van der Waals surface area contributed by atoms with E-state index < -0.39 is 0 Å². The molecule has 4 heteroatoms. The maximum atomic E-state index is 12.0. The van der Waals surface area contributed by atoms with E-state index in [1.807, 2.05) is 0 Å². The molecule has 7 atom stereocenters. The summed E-state index contributed by atoms with van der Waals surface area (Å²) in [5.74, 6) is 1.23. The number of hydrogen-bond acceptors (Lipinski definition) is 4. The molecule has 0 amide bonds. The third kappa shape index (κ3) is 2.85. The molecule has 4 rings (SSSR count). The fourth-order valence-electron chi connectivity index (χ4n) is 8.01. The summed E-state index contributed by atoms with van der Waals surface area (Å²) in [6.45, 7) is 10.6. The Morgan fingerprint density at radius 2 is 1.86 bits per heavy atom. The first-order valence-electron chi connectivity index (χ1n) is 11.1. The lowest BCUT2D eigenvalue weighted by Crippen LogP contribution is -2.62. The van der Waals surface area contributed by atoms with Gasteiger partial charge in [-0.2, -0.15) is 0 Å². The first kappa shape index (κ1) is 20.0. The molecule has 4 aliphatic carbocycles. The van der Waals surface area contributed by atoms with Crippen LogP contribution in [0, 0.1) is 34.0 Å². The molecule has 0 N–H and O–H groups in total. The standard InChI is InChI=1S/C24H36O4/c1-15-12-24-13-18(15)7-8-19(24)23(5)10-6-9-22(4,14-27-16(2)25)20(23)11-21(24)28-17(3)26/h12,18-21H,6-11,13-14H2,1-5H3/t18?,19-,20+,21-,22+,23-,24-/m0/s1. The topological polar surface area (TPSA) is 52.6 Å². The van der Waals surface area contributed by atoms with E-state index in [0.29, 0.717) is 24.4 Å². The van der Waals surface area contributed by atoms with Gasteiger partial charge in [0.1, 0.15) is 6.10 Å². The summed E-state index contributed by atoms with van der Waals surface area (Å²) >= 11 is 0. The normalized spacial score (nSPS) is 46.8. The number of carbonyl (C=O) groups is 2. The van der Waals surface area contributed by atoms with Crippen molar-refractivity contribution in [3.05, 3.63) is 11.6 Å². The van der Waals surface area contributed by atoms with Crippen LogP contribution in [-0.4, -0.2) is 24.6 Å². The largest absolute Gasteiger partial charge is 0.465 e. The summed E-state index contributed by atoms with van der Waals surface area (Å²) in [6, 6.07) is 0. The molecule has 0 aromatic carbocycles. The number of hydrogen-bond donors (Lipinski definition) is 0. The fourth-order valence-corrected chi connectivity index (χ4v) is 8.01. The van der Waals surface area contributed by atoms with E-state index in [0.717, 1.165) is 19.3 Å².